The van der Waals surface area contributed by atoms with Crippen molar-refractivity contribution >= 4 is 23.2 Å². The summed E-state index contributed by atoms with van der Waals surface area (Å²) in [4.78, 5) is 45.7. The molecule has 2 aromatic carbocycles. The molecule has 7 N–H and O–H groups in total. The number of carbonyl (C=O) groups is 2. The average Bonchev–Trinajstić information content (AvgIpc) is 3.09. The van der Waals surface area contributed by atoms with Crippen molar-refractivity contribution in [2.45, 2.75) is 43.5 Å². The fourth-order valence-electron chi connectivity index (χ4n) is 4.52. The van der Waals surface area contributed by atoms with E-state index in [1.54, 1.807) is 0 Å². The number of non-ortho nitro benzene ring substituents is 2. The van der Waals surface area contributed by atoms with Crippen molar-refractivity contribution in [1.29, 1.82) is 0 Å². The molecule has 0 saturated carbocycles. The van der Waals surface area contributed by atoms with E-state index in [-0.39, 0.29) is 55.5 Å². The largest absolute Gasteiger partial charge is 0.508 e. The highest BCUT2D eigenvalue weighted by molar-refractivity contribution is 5.95. The number of rotatable bonds is 21. The van der Waals surface area contributed by atoms with Gasteiger partial charge < -0.3 is 59.9 Å². The maximum Gasteiger partial charge on any atom is 0.273 e. The standard InChI is InChI=1S/C30H40N4O16/c35-17-24-25(37)26(38)27(39)30(50-24)49-23-14-19(12-21(16-23)34(44)45)29(41)32-4-2-6-47-8-10-48-9-7-46-5-1-3-31-28(40)18-11-20(33(42)43)15-22(36)13-18/h11-16,24-27,30,35-39H,1-10,17H2,(H,31,40)(H,32,41)/t24-,25+,26+,27-,30+/m1/s1. The molecular weight excluding hydrogens is 672 g/mol. The van der Waals surface area contributed by atoms with Gasteiger partial charge in [0.1, 0.15) is 35.9 Å². The second-order valence-electron chi connectivity index (χ2n) is 10.8. The molecule has 1 saturated heterocycles. The Balaban J connectivity index is 1.25. The molecule has 0 aromatic heterocycles. The van der Waals surface area contributed by atoms with Gasteiger partial charge in [-0.1, -0.05) is 0 Å². The summed E-state index contributed by atoms with van der Waals surface area (Å²) in [6.45, 7) is 1.49. The second kappa shape index (κ2) is 20.2. The maximum absolute atomic E-state index is 12.7. The Hall–Kier alpha value is -4.54. The molecule has 1 heterocycles. The molecule has 2 aromatic rings. The number of ether oxygens (including phenoxy) is 5. The van der Waals surface area contributed by atoms with Gasteiger partial charge in [0.2, 0.25) is 6.29 Å². The monoisotopic (exact) mass is 712 g/mol. The van der Waals surface area contributed by atoms with E-state index in [0.717, 1.165) is 30.3 Å². The molecule has 1 fully saturated rings. The molecule has 1 aliphatic rings. The summed E-state index contributed by atoms with van der Waals surface area (Å²) in [6.07, 6.45) is -7.07. The lowest BCUT2D eigenvalue weighted by Gasteiger charge is -2.39. The van der Waals surface area contributed by atoms with Crippen LogP contribution in [0.2, 0.25) is 0 Å². The third-order valence-corrected chi connectivity index (χ3v) is 7.09. The first-order valence-corrected chi connectivity index (χ1v) is 15.5. The van der Waals surface area contributed by atoms with Crippen LogP contribution >= 0.6 is 0 Å². The lowest BCUT2D eigenvalue weighted by atomic mass is 9.99. The van der Waals surface area contributed by atoms with Gasteiger partial charge in [-0.05, 0) is 25.0 Å². The number of carbonyl (C=O) groups excluding carboxylic acids is 2. The molecule has 0 bridgehead atoms. The van der Waals surface area contributed by atoms with Gasteiger partial charge >= 0.3 is 0 Å². The van der Waals surface area contributed by atoms with E-state index in [4.69, 9.17) is 23.7 Å². The summed E-state index contributed by atoms with van der Waals surface area (Å²) in [5.41, 5.74) is -1.03. The zero-order chi connectivity index (χ0) is 36.6. The van der Waals surface area contributed by atoms with Gasteiger partial charge in [-0.3, -0.25) is 29.8 Å². The molecule has 0 unspecified atom stereocenters. The van der Waals surface area contributed by atoms with Crippen molar-refractivity contribution in [2.24, 2.45) is 0 Å². The number of aliphatic hydroxyl groups is 4. The number of nitrogens with zero attached hydrogens (tertiary/aromatic N) is 2. The zero-order valence-electron chi connectivity index (χ0n) is 26.8. The zero-order valence-corrected chi connectivity index (χ0v) is 26.8. The third kappa shape index (κ3) is 12.4. The van der Waals surface area contributed by atoms with Crippen molar-refractivity contribution < 1.29 is 68.7 Å². The van der Waals surface area contributed by atoms with Gasteiger partial charge in [0, 0.05) is 49.6 Å². The molecule has 5 atom stereocenters. The molecule has 0 spiro atoms. The predicted molar refractivity (Wildman–Crippen MR) is 169 cm³/mol. The minimum atomic E-state index is -1.75. The number of phenolic OH excluding ortho intramolecular Hbond substituents is 1. The van der Waals surface area contributed by atoms with Crippen LogP contribution in [0.3, 0.4) is 0 Å². The normalized spacial score (nSPS) is 20.2. The smallest absolute Gasteiger partial charge is 0.273 e. The van der Waals surface area contributed by atoms with Crippen LogP contribution in [-0.4, -0.2) is 137 Å². The molecular formula is C30H40N4O16. The highest BCUT2D eigenvalue weighted by atomic mass is 16.7. The Labute approximate surface area is 284 Å². The highest BCUT2D eigenvalue weighted by Crippen LogP contribution is 2.28. The van der Waals surface area contributed by atoms with E-state index in [1.165, 1.54) is 6.07 Å². The van der Waals surface area contributed by atoms with E-state index in [9.17, 15) is 55.4 Å². The van der Waals surface area contributed by atoms with Gasteiger partial charge in [0.15, 0.2) is 0 Å². The molecule has 3 rings (SSSR count). The van der Waals surface area contributed by atoms with Crippen LogP contribution in [0.15, 0.2) is 36.4 Å². The van der Waals surface area contributed by atoms with E-state index in [0.29, 0.717) is 32.7 Å². The Morgan fingerprint density at radius 2 is 1.22 bits per heavy atom. The minimum Gasteiger partial charge on any atom is -0.508 e. The van der Waals surface area contributed by atoms with Crippen LogP contribution in [0.25, 0.3) is 0 Å². The summed E-state index contributed by atoms with van der Waals surface area (Å²) in [5.74, 6) is -1.82. The number of amides is 2. The number of aliphatic hydroxyl groups excluding tert-OH is 4. The molecule has 1 aliphatic heterocycles. The second-order valence-corrected chi connectivity index (χ2v) is 10.8. The molecule has 0 radical (unpaired) electrons. The number of hydrogen-bond donors (Lipinski definition) is 7. The van der Waals surface area contributed by atoms with Gasteiger partial charge in [0.05, 0.1) is 55.0 Å². The quantitative estimate of drug-likeness (QED) is 0.0482. The maximum atomic E-state index is 12.7. The number of nitrogens with one attached hydrogen (secondary N) is 2. The topological polar surface area (TPSA) is 292 Å². The van der Waals surface area contributed by atoms with E-state index in [1.807, 2.05) is 0 Å². The first kappa shape index (κ1) is 39.9. The van der Waals surface area contributed by atoms with Crippen LogP contribution in [0.4, 0.5) is 11.4 Å². The summed E-state index contributed by atoms with van der Waals surface area (Å²) < 4.78 is 27.0. The highest BCUT2D eigenvalue weighted by Gasteiger charge is 2.44. The van der Waals surface area contributed by atoms with Gasteiger partial charge in [-0.25, -0.2) is 0 Å². The number of phenols is 1. The summed E-state index contributed by atoms with van der Waals surface area (Å²) in [6, 6.07) is 6.35. The fraction of sp³-hybridized carbons (Fsp3) is 0.533. The Kier molecular flexibility index (Phi) is 16.1. The Bertz CT molecular complexity index is 1440. The number of benzene rings is 2. The van der Waals surface area contributed by atoms with Gasteiger partial charge in [-0.15, -0.1) is 0 Å². The average molecular weight is 713 g/mol. The number of hydrogen-bond acceptors (Lipinski definition) is 16. The Morgan fingerprint density at radius 1 is 0.720 bits per heavy atom. The van der Waals surface area contributed by atoms with Gasteiger partial charge in [-0.2, -0.15) is 0 Å². The SMILES string of the molecule is O=C(NCCCOCCOCCOCCCNC(=O)c1cc(O[C@H]2O[C@H](CO)[C@H](O)[C@H](O)[C@H]2O)cc([N+](=O)[O-])c1)c1cc(O)cc([N+](=O)[O-])c1. The molecule has 276 valence electrons. The lowest BCUT2D eigenvalue weighted by molar-refractivity contribution is -0.385. The van der Waals surface area contributed by atoms with Crippen LogP contribution in [-0.2, 0) is 18.9 Å². The van der Waals surface area contributed by atoms with Crippen LogP contribution in [0.5, 0.6) is 11.5 Å². The molecule has 0 aliphatic carbocycles. The van der Waals surface area contributed by atoms with Crippen LogP contribution in [0.1, 0.15) is 33.6 Å². The van der Waals surface area contributed by atoms with Crippen molar-refractivity contribution in [3.05, 3.63) is 67.8 Å². The van der Waals surface area contributed by atoms with Crippen molar-refractivity contribution in [3.63, 3.8) is 0 Å². The van der Waals surface area contributed by atoms with Crippen molar-refractivity contribution in [1.82, 2.24) is 10.6 Å². The number of nitro groups is 2. The van der Waals surface area contributed by atoms with Crippen molar-refractivity contribution in [2.75, 3.05) is 59.3 Å². The summed E-state index contributed by atoms with van der Waals surface area (Å²) in [7, 11) is 0. The first-order valence-electron chi connectivity index (χ1n) is 15.5. The number of nitro benzene ring substituents is 2. The Morgan fingerprint density at radius 3 is 1.74 bits per heavy atom. The van der Waals surface area contributed by atoms with E-state index >= 15 is 0 Å². The lowest BCUT2D eigenvalue weighted by Crippen LogP contribution is -2.60. The van der Waals surface area contributed by atoms with Crippen molar-refractivity contribution in [3.8, 4) is 11.5 Å². The summed E-state index contributed by atoms with van der Waals surface area (Å²) >= 11 is 0. The van der Waals surface area contributed by atoms with E-state index in [2.05, 4.69) is 10.6 Å². The molecule has 50 heavy (non-hydrogen) atoms. The first-order chi connectivity index (χ1) is 23.9. The summed E-state index contributed by atoms with van der Waals surface area (Å²) in [5, 5.41) is 76.5. The van der Waals surface area contributed by atoms with Gasteiger partial charge in [0.25, 0.3) is 23.2 Å². The van der Waals surface area contributed by atoms with E-state index < -0.39 is 70.3 Å². The molecule has 20 heteroatoms. The minimum absolute atomic E-state index is 0.0298. The molecule has 20 nitrogen and oxygen atoms in total. The molecule has 2 amide bonds. The predicted octanol–water partition coefficient (Wildman–Crippen LogP) is -0.623. The third-order valence-electron chi connectivity index (χ3n) is 7.09. The number of aromatic hydroxyl groups is 1. The van der Waals surface area contributed by atoms with Crippen LogP contribution in [0, 0.1) is 20.2 Å². The van der Waals surface area contributed by atoms with Crippen LogP contribution < -0.4 is 15.4 Å². The fourth-order valence-corrected chi connectivity index (χ4v) is 4.52.